The molecule has 4 aromatic rings. The number of ether oxygens (including phenoxy) is 2. The van der Waals surface area contributed by atoms with Crippen LogP contribution in [0.2, 0.25) is 0 Å². The summed E-state index contributed by atoms with van der Waals surface area (Å²) < 4.78 is 27.7. The van der Waals surface area contributed by atoms with Gasteiger partial charge < -0.3 is 19.1 Å². The molecule has 4 rings (SSSR count). The van der Waals surface area contributed by atoms with Gasteiger partial charge >= 0.3 is 5.69 Å². The van der Waals surface area contributed by atoms with Gasteiger partial charge in [-0.2, -0.15) is 0 Å². The van der Waals surface area contributed by atoms with Crippen molar-refractivity contribution in [3.8, 4) is 5.75 Å². The van der Waals surface area contributed by atoms with E-state index in [-0.39, 0.29) is 30.9 Å². The van der Waals surface area contributed by atoms with E-state index in [0.29, 0.717) is 18.9 Å². The molecule has 178 valence electrons. The van der Waals surface area contributed by atoms with E-state index >= 15 is 0 Å². The van der Waals surface area contributed by atoms with Gasteiger partial charge in [0, 0.05) is 13.7 Å². The van der Waals surface area contributed by atoms with Crippen LogP contribution in [-0.4, -0.2) is 50.2 Å². The van der Waals surface area contributed by atoms with Crippen molar-refractivity contribution >= 4 is 11.2 Å². The van der Waals surface area contributed by atoms with Crippen LogP contribution < -0.4 is 16.0 Å². The molecule has 0 aliphatic rings. The quantitative estimate of drug-likeness (QED) is 0.380. The van der Waals surface area contributed by atoms with Crippen LogP contribution in [0.1, 0.15) is 5.56 Å². The number of halogens is 1. The predicted octanol–water partition coefficient (Wildman–Crippen LogP) is 1.63. The molecule has 0 spiro atoms. The van der Waals surface area contributed by atoms with Crippen LogP contribution in [0.15, 0.2) is 70.5 Å². The summed E-state index contributed by atoms with van der Waals surface area (Å²) in [6.07, 6.45) is 0.346. The van der Waals surface area contributed by atoms with Gasteiger partial charge in [-0.3, -0.25) is 13.9 Å². The van der Waals surface area contributed by atoms with Crippen molar-refractivity contribution in [3.05, 3.63) is 93.1 Å². The molecule has 0 amide bonds. The van der Waals surface area contributed by atoms with Crippen molar-refractivity contribution in [1.82, 2.24) is 18.7 Å². The van der Waals surface area contributed by atoms with E-state index in [2.05, 4.69) is 4.98 Å². The number of aliphatic hydroxyl groups is 1. The van der Waals surface area contributed by atoms with Gasteiger partial charge in [0.2, 0.25) is 0 Å². The zero-order valence-electron chi connectivity index (χ0n) is 18.6. The summed E-state index contributed by atoms with van der Waals surface area (Å²) in [6.45, 7) is 0.481. The van der Waals surface area contributed by atoms with Gasteiger partial charge in [0.15, 0.2) is 11.2 Å². The second-order valence-corrected chi connectivity index (χ2v) is 7.79. The van der Waals surface area contributed by atoms with Crippen molar-refractivity contribution in [2.75, 3.05) is 20.3 Å². The van der Waals surface area contributed by atoms with Gasteiger partial charge in [-0.15, -0.1) is 0 Å². The van der Waals surface area contributed by atoms with E-state index in [1.54, 1.807) is 11.7 Å². The first kappa shape index (κ1) is 23.4. The number of rotatable bonds is 10. The van der Waals surface area contributed by atoms with E-state index in [9.17, 15) is 19.1 Å². The van der Waals surface area contributed by atoms with Gasteiger partial charge in [-0.05, 0) is 29.8 Å². The Morgan fingerprint density at radius 2 is 1.79 bits per heavy atom. The largest absolute Gasteiger partial charge is 0.491 e. The molecular weight excluding hydrogens is 443 g/mol. The minimum atomic E-state index is -1.16. The average molecular weight is 468 g/mol. The van der Waals surface area contributed by atoms with Crippen LogP contribution in [0.3, 0.4) is 0 Å². The van der Waals surface area contributed by atoms with Crippen molar-refractivity contribution < 1.29 is 19.0 Å². The molecule has 0 fully saturated rings. The van der Waals surface area contributed by atoms with Crippen LogP contribution in [-0.2, 0) is 24.4 Å². The molecule has 2 aromatic heterocycles. The third kappa shape index (κ3) is 5.08. The standard InChI is InChI=1S/C24H25FN4O5/c1-33-12-11-27-16-26-22-21(27)23(31)29(24(32)28(22)13-17-5-3-2-4-6-17)14-19(30)15-34-20-9-7-18(25)8-10-20/h2-10,16,19,30H,11-15H2,1H3. The van der Waals surface area contributed by atoms with Crippen molar-refractivity contribution in [3.63, 3.8) is 0 Å². The van der Waals surface area contributed by atoms with Crippen LogP contribution >= 0.6 is 0 Å². The van der Waals surface area contributed by atoms with E-state index in [4.69, 9.17) is 9.47 Å². The highest BCUT2D eigenvalue weighted by Gasteiger charge is 2.20. The Bertz CT molecular complexity index is 1360. The first-order valence-electron chi connectivity index (χ1n) is 10.8. The Balaban J connectivity index is 1.68. The van der Waals surface area contributed by atoms with Crippen LogP contribution in [0, 0.1) is 5.82 Å². The highest BCUT2D eigenvalue weighted by Crippen LogP contribution is 2.12. The number of hydrogen-bond acceptors (Lipinski definition) is 6. The summed E-state index contributed by atoms with van der Waals surface area (Å²) in [5, 5.41) is 10.5. The lowest BCUT2D eigenvalue weighted by molar-refractivity contribution is 0.0901. The van der Waals surface area contributed by atoms with Crippen molar-refractivity contribution in [1.29, 1.82) is 0 Å². The Morgan fingerprint density at radius 1 is 1.06 bits per heavy atom. The number of methoxy groups -OCH3 is 1. The number of fused-ring (bicyclic) bond motifs is 1. The monoisotopic (exact) mass is 468 g/mol. The fourth-order valence-electron chi connectivity index (χ4n) is 3.65. The summed E-state index contributed by atoms with van der Waals surface area (Å²) in [7, 11) is 1.56. The minimum Gasteiger partial charge on any atom is -0.491 e. The van der Waals surface area contributed by atoms with E-state index in [0.717, 1.165) is 10.1 Å². The Morgan fingerprint density at radius 3 is 2.50 bits per heavy atom. The van der Waals surface area contributed by atoms with Crippen molar-refractivity contribution in [2.24, 2.45) is 0 Å². The number of hydrogen-bond donors (Lipinski definition) is 1. The smallest absolute Gasteiger partial charge is 0.333 e. The molecule has 1 unspecified atom stereocenters. The third-order valence-corrected chi connectivity index (χ3v) is 5.35. The summed E-state index contributed by atoms with van der Waals surface area (Å²) in [6, 6.07) is 14.7. The van der Waals surface area contributed by atoms with Crippen LogP contribution in [0.5, 0.6) is 5.75 Å². The number of imidazole rings is 1. The zero-order valence-corrected chi connectivity index (χ0v) is 18.6. The minimum absolute atomic E-state index is 0.183. The van der Waals surface area contributed by atoms with Crippen LogP contribution in [0.4, 0.5) is 4.39 Å². The molecule has 1 N–H and O–H groups in total. The summed E-state index contributed by atoms with van der Waals surface area (Å²) in [5.74, 6) is -0.0424. The SMILES string of the molecule is COCCn1cnc2c1c(=O)n(CC(O)COc1ccc(F)cc1)c(=O)n2Cc1ccccc1. The lowest BCUT2D eigenvalue weighted by atomic mass is 10.2. The number of aliphatic hydroxyl groups excluding tert-OH is 1. The third-order valence-electron chi connectivity index (χ3n) is 5.35. The lowest BCUT2D eigenvalue weighted by Gasteiger charge is -2.16. The Kier molecular flexibility index (Phi) is 7.19. The molecule has 34 heavy (non-hydrogen) atoms. The number of benzene rings is 2. The van der Waals surface area contributed by atoms with E-state index in [1.165, 1.54) is 35.2 Å². The van der Waals surface area contributed by atoms with Gasteiger partial charge in [0.25, 0.3) is 5.56 Å². The average Bonchev–Trinajstić information content (AvgIpc) is 3.27. The first-order chi connectivity index (χ1) is 16.5. The summed E-state index contributed by atoms with van der Waals surface area (Å²) >= 11 is 0. The number of aromatic nitrogens is 4. The topological polar surface area (TPSA) is 101 Å². The van der Waals surface area contributed by atoms with Gasteiger partial charge in [-0.25, -0.2) is 14.2 Å². The van der Waals surface area contributed by atoms with Crippen molar-refractivity contribution in [2.45, 2.75) is 25.7 Å². The normalized spacial score (nSPS) is 12.2. The predicted molar refractivity (Wildman–Crippen MR) is 124 cm³/mol. The van der Waals surface area contributed by atoms with Crippen LogP contribution in [0.25, 0.3) is 11.2 Å². The Hall–Kier alpha value is -3.76. The molecule has 0 aliphatic heterocycles. The second-order valence-electron chi connectivity index (χ2n) is 7.79. The highest BCUT2D eigenvalue weighted by molar-refractivity contribution is 5.70. The summed E-state index contributed by atoms with van der Waals surface area (Å²) in [4.78, 5) is 31.0. The molecule has 1 atom stereocenters. The Labute approximate surface area is 194 Å². The van der Waals surface area contributed by atoms with E-state index in [1.807, 2.05) is 30.3 Å². The summed E-state index contributed by atoms with van der Waals surface area (Å²) in [5.41, 5.74) is 0.239. The molecular formula is C24H25FN4O5. The molecule has 0 saturated carbocycles. The number of nitrogens with zero attached hydrogens (tertiary/aromatic N) is 4. The maximum absolute atomic E-state index is 13.3. The molecule has 0 radical (unpaired) electrons. The molecule has 0 bridgehead atoms. The fourth-order valence-corrected chi connectivity index (χ4v) is 3.65. The fraction of sp³-hybridized carbons (Fsp3) is 0.292. The molecule has 0 saturated heterocycles. The highest BCUT2D eigenvalue weighted by atomic mass is 19.1. The van der Waals surface area contributed by atoms with Gasteiger partial charge in [0.1, 0.15) is 24.3 Å². The maximum Gasteiger partial charge on any atom is 0.333 e. The molecule has 2 aromatic carbocycles. The first-order valence-corrected chi connectivity index (χ1v) is 10.8. The van der Waals surface area contributed by atoms with Gasteiger partial charge in [0.05, 0.1) is 26.0 Å². The molecule has 10 heteroatoms. The zero-order chi connectivity index (χ0) is 24.1. The maximum atomic E-state index is 13.3. The van der Waals surface area contributed by atoms with Gasteiger partial charge in [-0.1, -0.05) is 30.3 Å². The van der Waals surface area contributed by atoms with E-state index < -0.39 is 23.2 Å². The lowest BCUT2D eigenvalue weighted by Crippen LogP contribution is -2.44. The molecule has 2 heterocycles. The molecule has 9 nitrogen and oxygen atoms in total. The second kappa shape index (κ2) is 10.4. The molecule has 0 aliphatic carbocycles.